The predicted molar refractivity (Wildman–Crippen MR) is 102 cm³/mol. The molecule has 0 aliphatic heterocycles. The fourth-order valence-corrected chi connectivity index (χ4v) is 7.43. The van der Waals surface area contributed by atoms with Gasteiger partial charge in [-0.2, -0.15) is 0 Å². The molecule has 3 saturated carbocycles. The SMILES string of the molecule is C[C@@H]1C[C@H]2C3C[C@H](F)C4=CC(=O)C=CC4(C)[C@@]3(F)C(O)CC2(O)C1C(=O)SCF. The zero-order chi connectivity index (χ0) is 21.4. The third-order valence-corrected chi connectivity index (χ3v) is 8.58. The highest BCUT2D eigenvalue weighted by Crippen LogP contribution is 2.67. The number of carbonyl (C=O) groups is 2. The molecule has 9 atom stereocenters. The average molecular weight is 430 g/mol. The Morgan fingerprint density at radius 3 is 2.69 bits per heavy atom. The summed E-state index contributed by atoms with van der Waals surface area (Å²) in [6, 6.07) is -0.931. The molecule has 160 valence electrons. The molecule has 0 aromatic heterocycles. The highest BCUT2D eigenvalue weighted by molar-refractivity contribution is 8.13. The van der Waals surface area contributed by atoms with Gasteiger partial charge in [-0.1, -0.05) is 24.8 Å². The van der Waals surface area contributed by atoms with Crippen LogP contribution >= 0.6 is 11.8 Å². The number of carbonyl (C=O) groups excluding carboxylic acids is 2. The highest BCUT2D eigenvalue weighted by atomic mass is 32.2. The molecule has 8 heteroatoms. The summed E-state index contributed by atoms with van der Waals surface area (Å²) in [5, 5.41) is 21.9. The van der Waals surface area contributed by atoms with E-state index >= 15 is 8.78 Å². The van der Waals surface area contributed by atoms with Gasteiger partial charge in [0.05, 0.1) is 17.6 Å². The summed E-state index contributed by atoms with van der Waals surface area (Å²) in [6.45, 7) is 3.22. The minimum Gasteiger partial charge on any atom is -0.390 e. The van der Waals surface area contributed by atoms with Gasteiger partial charge in [0.2, 0.25) is 0 Å². The summed E-state index contributed by atoms with van der Waals surface area (Å²) in [5.74, 6) is -3.51. The highest BCUT2D eigenvalue weighted by Gasteiger charge is 2.74. The lowest BCUT2D eigenvalue weighted by molar-refractivity contribution is -0.226. The number of allylic oxidation sites excluding steroid dienone is 4. The molecule has 2 N–H and O–H groups in total. The number of hydrogen-bond donors (Lipinski definition) is 2. The molecule has 4 nitrogen and oxygen atoms in total. The molecule has 4 aliphatic carbocycles. The van der Waals surface area contributed by atoms with Crippen molar-refractivity contribution < 1.29 is 33.0 Å². The quantitative estimate of drug-likeness (QED) is 0.704. The lowest BCUT2D eigenvalue weighted by Gasteiger charge is -2.61. The Balaban J connectivity index is 1.80. The van der Waals surface area contributed by atoms with Gasteiger partial charge in [0.25, 0.3) is 0 Å². The van der Waals surface area contributed by atoms with E-state index in [1.54, 1.807) is 6.92 Å². The van der Waals surface area contributed by atoms with E-state index in [2.05, 4.69) is 0 Å². The topological polar surface area (TPSA) is 74.6 Å². The van der Waals surface area contributed by atoms with Crippen LogP contribution in [-0.4, -0.2) is 50.7 Å². The van der Waals surface area contributed by atoms with E-state index in [4.69, 9.17) is 0 Å². The van der Waals surface area contributed by atoms with Crippen LogP contribution < -0.4 is 0 Å². The van der Waals surface area contributed by atoms with Gasteiger partial charge in [-0.25, -0.2) is 13.2 Å². The number of ketones is 1. The summed E-state index contributed by atoms with van der Waals surface area (Å²) >= 11 is 0.462. The first-order chi connectivity index (χ1) is 13.5. The Kier molecular flexibility index (Phi) is 4.87. The number of aliphatic hydroxyl groups excluding tert-OH is 1. The number of rotatable bonds is 2. The minimum absolute atomic E-state index is 0.0138. The number of hydrogen-bond acceptors (Lipinski definition) is 5. The van der Waals surface area contributed by atoms with Gasteiger partial charge in [0, 0.05) is 17.8 Å². The fourth-order valence-electron chi connectivity index (χ4n) is 6.71. The van der Waals surface area contributed by atoms with Gasteiger partial charge in [0.1, 0.15) is 12.2 Å². The monoisotopic (exact) mass is 430 g/mol. The van der Waals surface area contributed by atoms with Crippen LogP contribution in [0.4, 0.5) is 13.2 Å². The molecule has 0 aromatic carbocycles. The lowest BCUT2D eigenvalue weighted by atomic mass is 9.47. The second-order valence-electron chi connectivity index (χ2n) is 9.20. The Morgan fingerprint density at radius 1 is 1.34 bits per heavy atom. The minimum atomic E-state index is -2.29. The van der Waals surface area contributed by atoms with E-state index in [-0.39, 0.29) is 30.8 Å². The Labute approximate surface area is 171 Å². The Bertz CT molecular complexity index is 816. The molecule has 3 fully saturated rings. The van der Waals surface area contributed by atoms with E-state index < -0.39 is 63.6 Å². The van der Waals surface area contributed by atoms with E-state index in [1.807, 2.05) is 0 Å². The summed E-state index contributed by atoms with van der Waals surface area (Å²) in [7, 11) is 0. The number of halogens is 3. The van der Waals surface area contributed by atoms with Crippen molar-refractivity contribution in [1.82, 2.24) is 0 Å². The molecule has 4 rings (SSSR count). The van der Waals surface area contributed by atoms with Crippen LogP contribution in [0.2, 0.25) is 0 Å². The van der Waals surface area contributed by atoms with Crippen LogP contribution in [0.25, 0.3) is 0 Å². The van der Waals surface area contributed by atoms with Gasteiger partial charge >= 0.3 is 0 Å². The molecule has 29 heavy (non-hydrogen) atoms. The number of thioether (sulfide) groups is 1. The standard InChI is InChI=1S/C21H25F3O4S/c1-10-5-12-13-7-15(23)14-6-11(25)3-4-19(14,2)21(13,24)16(26)8-20(12,28)17(10)18(27)29-9-22/h3-4,6,10,12-13,15-17,26,28H,5,7-9H2,1-2H3/t10-,12+,13?,15+,16?,17?,19?,20?,21+/m1/s1. The first-order valence-corrected chi connectivity index (χ1v) is 10.9. The van der Waals surface area contributed by atoms with Crippen molar-refractivity contribution in [3.8, 4) is 0 Å². The molecule has 0 spiro atoms. The second-order valence-corrected chi connectivity index (χ2v) is 10.1. The molecule has 0 amide bonds. The second kappa shape index (κ2) is 6.69. The largest absolute Gasteiger partial charge is 0.390 e. The van der Waals surface area contributed by atoms with Crippen LogP contribution in [0.5, 0.6) is 0 Å². The lowest BCUT2D eigenvalue weighted by Crippen LogP contribution is -2.70. The van der Waals surface area contributed by atoms with Crippen molar-refractivity contribution in [3.63, 3.8) is 0 Å². The molecular weight excluding hydrogens is 405 g/mol. The first-order valence-electron chi connectivity index (χ1n) is 9.92. The summed E-state index contributed by atoms with van der Waals surface area (Å²) in [5.41, 5.74) is -5.52. The average Bonchev–Trinajstić information content (AvgIpc) is 2.90. The fraction of sp³-hybridized carbons (Fsp3) is 0.714. The molecule has 0 saturated heterocycles. The molecule has 0 heterocycles. The van der Waals surface area contributed by atoms with Gasteiger partial charge in [-0.05, 0) is 49.3 Å². The maximum Gasteiger partial charge on any atom is 0.197 e. The molecule has 0 radical (unpaired) electrons. The van der Waals surface area contributed by atoms with E-state index in [9.17, 15) is 24.2 Å². The zero-order valence-corrected chi connectivity index (χ0v) is 17.1. The smallest absolute Gasteiger partial charge is 0.197 e. The summed E-state index contributed by atoms with van der Waals surface area (Å²) in [6.07, 6.45) is -0.0189. The predicted octanol–water partition coefficient (Wildman–Crippen LogP) is 3.08. The number of alkyl halides is 3. The van der Waals surface area contributed by atoms with Crippen molar-refractivity contribution >= 4 is 22.7 Å². The molecule has 5 unspecified atom stereocenters. The number of aliphatic hydroxyl groups is 2. The van der Waals surface area contributed by atoms with Gasteiger partial charge in [-0.15, -0.1) is 0 Å². The maximum absolute atomic E-state index is 16.8. The van der Waals surface area contributed by atoms with Crippen LogP contribution in [0.1, 0.15) is 33.1 Å². The molecule has 0 aromatic rings. The zero-order valence-electron chi connectivity index (χ0n) is 16.3. The van der Waals surface area contributed by atoms with Crippen molar-refractivity contribution in [2.45, 2.75) is 56.7 Å². The molecule has 0 bridgehead atoms. The molecule has 4 aliphatic rings. The maximum atomic E-state index is 16.8. The van der Waals surface area contributed by atoms with E-state index in [0.717, 1.165) is 6.08 Å². The molecular formula is C21H25F3O4S. The van der Waals surface area contributed by atoms with Crippen molar-refractivity contribution in [3.05, 3.63) is 23.8 Å². The van der Waals surface area contributed by atoms with Gasteiger partial charge in [-0.3, -0.25) is 9.59 Å². The third kappa shape index (κ3) is 2.61. The summed E-state index contributed by atoms with van der Waals surface area (Å²) in [4.78, 5) is 24.3. The summed E-state index contributed by atoms with van der Waals surface area (Å²) < 4.78 is 44.7. The van der Waals surface area contributed by atoms with Crippen LogP contribution in [0.3, 0.4) is 0 Å². The van der Waals surface area contributed by atoms with Crippen molar-refractivity contribution in [1.29, 1.82) is 0 Å². The van der Waals surface area contributed by atoms with Crippen LogP contribution in [0, 0.1) is 29.1 Å². The third-order valence-electron chi connectivity index (χ3n) is 7.93. The van der Waals surface area contributed by atoms with Crippen molar-refractivity contribution in [2.24, 2.45) is 29.1 Å². The normalized spacial score (nSPS) is 51.1. The Morgan fingerprint density at radius 2 is 2.03 bits per heavy atom. The van der Waals surface area contributed by atoms with Crippen LogP contribution in [-0.2, 0) is 9.59 Å². The van der Waals surface area contributed by atoms with Gasteiger partial charge in [0.15, 0.2) is 16.6 Å². The van der Waals surface area contributed by atoms with Crippen molar-refractivity contribution in [2.75, 3.05) is 6.01 Å². The Hall–Kier alpha value is -1.12. The van der Waals surface area contributed by atoms with Crippen LogP contribution in [0.15, 0.2) is 23.8 Å². The van der Waals surface area contributed by atoms with E-state index in [1.165, 1.54) is 19.1 Å². The van der Waals surface area contributed by atoms with Gasteiger partial charge < -0.3 is 10.2 Å². The first kappa shape index (κ1) is 21.1. The van der Waals surface area contributed by atoms with E-state index in [0.29, 0.717) is 11.8 Å². The number of fused-ring (bicyclic) bond motifs is 5.